The number of hydrogen-bond acceptors (Lipinski definition) is 4. The van der Waals surface area contributed by atoms with Crippen molar-refractivity contribution in [2.24, 2.45) is 0 Å². The first kappa shape index (κ1) is 16.2. The number of carbonyl (C=O) groups is 1. The van der Waals surface area contributed by atoms with Crippen molar-refractivity contribution in [1.82, 2.24) is 4.98 Å². The molecule has 0 saturated carbocycles. The van der Waals surface area contributed by atoms with Gasteiger partial charge in [-0.2, -0.15) is 0 Å². The summed E-state index contributed by atoms with van der Waals surface area (Å²) in [6, 6.07) is 8.98. The van der Waals surface area contributed by atoms with E-state index in [1.807, 2.05) is 12.1 Å². The number of aromatic nitrogens is 1. The Balaban J connectivity index is 1.97. The maximum atomic E-state index is 12.1. The minimum Gasteiger partial charge on any atom is -0.481 e. The molecular formula is C15H18N2O4S. The molecule has 0 fully saturated rings. The number of carboxylic acid groups (broad SMARTS) is 1. The Morgan fingerprint density at radius 1 is 1.14 bits per heavy atom. The van der Waals surface area contributed by atoms with Crippen LogP contribution in [0, 0.1) is 0 Å². The summed E-state index contributed by atoms with van der Waals surface area (Å²) < 4.78 is 26.7. The number of anilines is 1. The van der Waals surface area contributed by atoms with E-state index < -0.39 is 16.0 Å². The highest BCUT2D eigenvalue weighted by atomic mass is 32.2. The fraction of sp³-hybridized carbons (Fsp3) is 0.333. The second-order valence-corrected chi connectivity index (χ2v) is 6.85. The Hall–Kier alpha value is -2.15. The normalized spacial score (nSPS) is 11.5. The van der Waals surface area contributed by atoms with Crippen molar-refractivity contribution in [2.75, 3.05) is 10.5 Å². The number of pyridine rings is 1. The van der Waals surface area contributed by atoms with E-state index in [1.54, 1.807) is 24.4 Å². The van der Waals surface area contributed by atoms with Crippen LogP contribution in [-0.4, -0.2) is 30.2 Å². The Bertz CT molecular complexity index is 754. The molecule has 0 aliphatic heterocycles. The fourth-order valence-corrected chi connectivity index (χ4v) is 3.34. The van der Waals surface area contributed by atoms with Crippen LogP contribution >= 0.6 is 0 Å². The van der Waals surface area contributed by atoms with Crippen LogP contribution in [0.3, 0.4) is 0 Å². The quantitative estimate of drug-likeness (QED) is 0.728. The number of nitrogens with zero attached hydrogens (tertiary/aromatic N) is 1. The summed E-state index contributed by atoms with van der Waals surface area (Å²) in [6.07, 6.45) is 3.18. The van der Waals surface area contributed by atoms with Gasteiger partial charge in [0.25, 0.3) is 0 Å². The van der Waals surface area contributed by atoms with Crippen molar-refractivity contribution < 1.29 is 18.3 Å². The lowest BCUT2D eigenvalue weighted by Gasteiger charge is -2.09. The van der Waals surface area contributed by atoms with Gasteiger partial charge in [-0.05, 0) is 25.0 Å². The fourth-order valence-electron chi connectivity index (χ4n) is 2.15. The molecule has 1 aromatic carbocycles. The third kappa shape index (κ3) is 4.70. The number of sulfonamides is 1. The molecule has 118 valence electrons. The minimum absolute atomic E-state index is 0.0319. The first-order chi connectivity index (χ1) is 10.5. The Labute approximate surface area is 129 Å². The van der Waals surface area contributed by atoms with Crippen LogP contribution in [0.4, 0.5) is 5.69 Å². The molecule has 0 saturated heterocycles. The van der Waals surface area contributed by atoms with Gasteiger partial charge in [0.15, 0.2) is 0 Å². The maximum Gasteiger partial charge on any atom is 0.303 e. The molecular weight excluding hydrogens is 304 g/mol. The van der Waals surface area contributed by atoms with Crippen molar-refractivity contribution in [2.45, 2.75) is 25.7 Å². The number of benzene rings is 1. The molecule has 0 aliphatic carbocycles. The maximum absolute atomic E-state index is 12.1. The molecule has 1 aromatic heterocycles. The van der Waals surface area contributed by atoms with Gasteiger partial charge in [-0.25, -0.2) is 8.42 Å². The molecule has 6 nitrogen and oxygen atoms in total. The predicted molar refractivity (Wildman–Crippen MR) is 85.3 cm³/mol. The second kappa shape index (κ2) is 7.22. The first-order valence-corrected chi connectivity index (χ1v) is 8.69. The summed E-state index contributed by atoms with van der Waals surface area (Å²) >= 11 is 0. The van der Waals surface area contributed by atoms with Crippen LogP contribution in [0.15, 0.2) is 36.5 Å². The van der Waals surface area contributed by atoms with E-state index in [0.29, 0.717) is 30.5 Å². The summed E-state index contributed by atoms with van der Waals surface area (Å²) in [5.74, 6) is -0.890. The zero-order valence-electron chi connectivity index (χ0n) is 12.0. The lowest BCUT2D eigenvalue weighted by Crippen LogP contribution is -2.17. The van der Waals surface area contributed by atoms with Crippen molar-refractivity contribution >= 4 is 32.6 Å². The Morgan fingerprint density at radius 2 is 1.91 bits per heavy atom. The highest BCUT2D eigenvalue weighted by molar-refractivity contribution is 7.92. The van der Waals surface area contributed by atoms with Gasteiger partial charge in [0.05, 0.1) is 17.0 Å². The van der Waals surface area contributed by atoms with Crippen molar-refractivity contribution in [3.05, 3.63) is 36.5 Å². The molecule has 0 aliphatic rings. The van der Waals surface area contributed by atoms with Crippen LogP contribution in [0.25, 0.3) is 10.9 Å². The number of para-hydroxylation sites is 1. The third-order valence-corrected chi connectivity index (χ3v) is 4.56. The zero-order valence-corrected chi connectivity index (χ0v) is 12.8. The lowest BCUT2D eigenvalue weighted by molar-refractivity contribution is -0.137. The standard InChI is InChI=1S/C15H18N2O4S/c18-14(19)9-2-1-3-11-22(20,21)17-13-8-4-6-12-7-5-10-16-15(12)13/h4-8,10,17H,1-3,9,11H2,(H,18,19). The monoisotopic (exact) mass is 322 g/mol. The van der Waals surface area contributed by atoms with E-state index in [1.165, 1.54) is 0 Å². The van der Waals surface area contributed by atoms with Crippen LogP contribution in [0.2, 0.25) is 0 Å². The molecule has 2 rings (SSSR count). The smallest absolute Gasteiger partial charge is 0.303 e. The molecule has 0 spiro atoms. The average molecular weight is 322 g/mol. The zero-order chi connectivity index (χ0) is 16.0. The summed E-state index contributed by atoms with van der Waals surface area (Å²) in [7, 11) is -3.46. The van der Waals surface area contributed by atoms with Crippen LogP contribution in [0.5, 0.6) is 0 Å². The van der Waals surface area contributed by atoms with Gasteiger partial charge in [-0.1, -0.05) is 24.6 Å². The number of rotatable bonds is 8. The van der Waals surface area contributed by atoms with Crippen molar-refractivity contribution in [3.63, 3.8) is 0 Å². The molecule has 2 N–H and O–H groups in total. The van der Waals surface area contributed by atoms with Gasteiger partial charge in [0, 0.05) is 18.0 Å². The van der Waals surface area contributed by atoms with Gasteiger partial charge >= 0.3 is 5.97 Å². The molecule has 0 amide bonds. The first-order valence-electron chi connectivity index (χ1n) is 7.04. The van der Waals surface area contributed by atoms with Gasteiger partial charge in [0.1, 0.15) is 0 Å². The van der Waals surface area contributed by atoms with E-state index in [0.717, 1.165) is 5.39 Å². The largest absolute Gasteiger partial charge is 0.481 e. The number of aliphatic carboxylic acids is 1. The molecule has 0 bridgehead atoms. The third-order valence-electron chi connectivity index (χ3n) is 3.20. The van der Waals surface area contributed by atoms with Crippen LogP contribution < -0.4 is 4.72 Å². The van der Waals surface area contributed by atoms with Crippen LogP contribution in [0.1, 0.15) is 25.7 Å². The molecule has 1 heterocycles. The van der Waals surface area contributed by atoms with E-state index in [4.69, 9.17) is 5.11 Å². The second-order valence-electron chi connectivity index (χ2n) is 5.01. The number of hydrogen-bond donors (Lipinski definition) is 2. The molecule has 0 radical (unpaired) electrons. The van der Waals surface area contributed by atoms with Crippen LogP contribution in [-0.2, 0) is 14.8 Å². The summed E-state index contributed by atoms with van der Waals surface area (Å²) in [6.45, 7) is 0. The predicted octanol–water partition coefficient (Wildman–Crippen LogP) is 2.62. The SMILES string of the molecule is O=C(O)CCCCCS(=O)(=O)Nc1cccc2cccnc12. The highest BCUT2D eigenvalue weighted by Gasteiger charge is 2.12. The Kier molecular flexibility index (Phi) is 5.32. The van der Waals surface area contributed by atoms with E-state index in [9.17, 15) is 13.2 Å². The van der Waals surface area contributed by atoms with Gasteiger partial charge in [0.2, 0.25) is 10.0 Å². The Morgan fingerprint density at radius 3 is 2.68 bits per heavy atom. The molecule has 22 heavy (non-hydrogen) atoms. The highest BCUT2D eigenvalue weighted by Crippen LogP contribution is 2.21. The molecule has 2 aromatic rings. The van der Waals surface area contributed by atoms with E-state index in [-0.39, 0.29) is 12.2 Å². The van der Waals surface area contributed by atoms with Crippen molar-refractivity contribution in [1.29, 1.82) is 0 Å². The summed E-state index contributed by atoms with van der Waals surface area (Å²) in [4.78, 5) is 14.6. The summed E-state index contributed by atoms with van der Waals surface area (Å²) in [5.41, 5.74) is 1.07. The van der Waals surface area contributed by atoms with E-state index >= 15 is 0 Å². The topological polar surface area (TPSA) is 96.4 Å². The number of fused-ring (bicyclic) bond motifs is 1. The number of carboxylic acids is 1. The van der Waals surface area contributed by atoms with Crippen molar-refractivity contribution in [3.8, 4) is 0 Å². The number of nitrogens with one attached hydrogen (secondary N) is 1. The van der Waals surface area contributed by atoms with Gasteiger partial charge in [-0.15, -0.1) is 0 Å². The minimum atomic E-state index is -3.46. The molecule has 0 atom stereocenters. The van der Waals surface area contributed by atoms with E-state index in [2.05, 4.69) is 9.71 Å². The average Bonchev–Trinajstić information content (AvgIpc) is 2.46. The van der Waals surface area contributed by atoms with Gasteiger partial charge < -0.3 is 5.11 Å². The number of unbranched alkanes of at least 4 members (excludes halogenated alkanes) is 2. The molecule has 7 heteroatoms. The van der Waals surface area contributed by atoms with Gasteiger partial charge in [-0.3, -0.25) is 14.5 Å². The lowest BCUT2D eigenvalue weighted by atomic mass is 10.2. The summed E-state index contributed by atoms with van der Waals surface area (Å²) in [5, 5.41) is 9.40. The molecule has 0 unspecified atom stereocenters.